The number of hydrogen-bond donors (Lipinski definition) is 8. The number of aromatic hydroxyl groups is 4. The Morgan fingerprint density at radius 1 is 1.00 bits per heavy atom. The number of phenolic OH excluding ortho intramolecular Hbond substituents is 4. The summed E-state index contributed by atoms with van der Waals surface area (Å²) in [5.74, 6) is -3.81. The van der Waals surface area contributed by atoms with Gasteiger partial charge in [0.05, 0.1) is 12.2 Å². The molecule has 11 heteroatoms. The summed E-state index contributed by atoms with van der Waals surface area (Å²) in [6.07, 6.45) is -8.14. The van der Waals surface area contributed by atoms with Gasteiger partial charge in [0.25, 0.3) is 0 Å². The molecule has 1 saturated heterocycles. The normalized spacial score (nSPS) is 24.5. The Hall–Kier alpha value is -3.09. The van der Waals surface area contributed by atoms with Gasteiger partial charge in [-0.2, -0.15) is 0 Å². The molecule has 3 rings (SSSR count). The number of carbonyl (C=O) groups is 1. The molecular weight excluding hydrogens is 416 g/mol. The molecule has 5 atom stereocenters. The van der Waals surface area contributed by atoms with E-state index in [1.165, 1.54) is 18.2 Å². The Morgan fingerprint density at radius 3 is 2.35 bits per heavy atom. The number of aliphatic hydroxyl groups excluding tert-OH is 4. The van der Waals surface area contributed by atoms with Crippen LogP contribution in [0.5, 0.6) is 28.7 Å². The molecule has 0 spiro atoms. The molecule has 11 nitrogen and oxygen atoms in total. The smallest absolute Gasteiger partial charge is 0.229 e. The Kier molecular flexibility index (Phi) is 6.53. The van der Waals surface area contributed by atoms with E-state index in [9.17, 15) is 45.6 Å². The molecule has 0 aliphatic carbocycles. The number of ether oxygens (including phenoxy) is 2. The number of aliphatic hydroxyl groups is 4. The number of rotatable bonds is 6. The summed E-state index contributed by atoms with van der Waals surface area (Å²) in [5.41, 5.74) is -0.0775. The zero-order valence-electron chi connectivity index (χ0n) is 16.0. The van der Waals surface area contributed by atoms with E-state index in [2.05, 4.69) is 0 Å². The highest BCUT2D eigenvalue weighted by Gasteiger charge is 2.40. The van der Waals surface area contributed by atoms with E-state index in [1.54, 1.807) is 0 Å². The van der Waals surface area contributed by atoms with E-state index >= 15 is 0 Å². The van der Waals surface area contributed by atoms with Crippen LogP contribution in [-0.2, 0) is 11.2 Å². The Balaban J connectivity index is 1.80. The topological polar surface area (TPSA) is 197 Å². The summed E-state index contributed by atoms with van der Waals surface area (Å²) in [6, 6.07) is 5.81. The quantitative estimate of drug-likeness (QED) is 0.206. The first-order valence-corrected chi connectivity index (χ1v) is 9.20. The minimum atomic E-state index is -1.71. The fourth-order valence-corrected chi connectivity index (χ4v) is 3.07. The van der Waals surface area contributed by atoms with Crippen LogP contribution in [0.1, 0.15) is 15.9 Å². The molecule has 168 valence electrons. The Bertz CT molecular complexity index is 960. The van der Waals surface area contributed by atoms with Gasteiger partial charge in [0, 0.05) is 6.42 Å². The fraction of sp³-hybridized carbons (Fsp3) is 0.350. The average molecular weight is 438 g/mol. The molecule has 1 heterocycles. The maximum Gasteiger partial charge on any atom is 0.229 e. The van der Waals surface area contributed by atoms with Gasteiger partial charge in [0.15, 0.2) is 28.8 Å². The van der Waals surface area contributed by atoms with E-state index in [0.717, 1.165) is 12.1 Å². The Labute approximate surface area is 175 Å². The van der Waals surface area contributed by atoms with Gasteiger partial charge in [-0.3, -0.25) is 4.79 Å². The van der Waals surface area contributed by atoms with E-state index in [4.69, 9.17) is 9.47 Å². The SMILES string of the molecule is O=C(c1ccc(O)c(O[C@@H]2OC[C@@H](O)[C@H](O)[C@H]2O)c1O)[C@H](O)Cc1ccc(O)c(O)c1. The molecule has 0 amide bonds. The van der Waals surface area contributed by atoms with Gasteiger partial charge in [-0.15, -0.1) is 0 Å². The second-order valence-corrected chi connectivity index (χ2v) is 7.09. The van der Waals surface area contributed by atoms with Crippen LogP contribution in [0.25, 0.3) is 0 Å². The van der Waals surface area contributed by atoms with Crippen LogP contribution >= 0.6 is 0 Å². The van der Waals surface area contributed by atoms with Gasteiger partial charge in [-0.05, 0) is 29.8 Å². The minimum absolute atomic E-state index is 0.252. The third-order valence-corrected chi connectivity index (χ3v) is 4.84. The molecule has 1 aliphatic heterocycles. The fourth-order valence-electron chi connectivity index (χ4n) is 3.07. The average Bonchev–Trinajstić information content (AvgIpc) is 2.73. The minimum Gasteiger partial charge on any atom is -0.504 e. The molecule has 1 fully saturated rings. The molecule has 8 N–H and O–H groups in total. The van der Waals surface area contributed by atoms with Gasteiger partial charge in [0.2, 0.25) is 12.0 Å². The van der Waals surface area contributed by atoms with Crippen molar-refractivity contribution in [3.63, 3.8) is 0 Å². The monoisotopic (exact) mass is 438 g/mol. The molecule has 2 aromatic rings. The number of benzene rings is 2. The summed E-state index contributed by atoms with van der Waals surface area (Å²) in [4.78, 5) is 12.6. The molecule has 0 bridgehead atoms. The first kappa shape index (κ1) is 22.6. The number of ketones is 1. The molecule has 31 heavy (non-hydrogen) atoms. The van der Waals surface area contributed by atoms with Crippen molar-refractivity contribution in [1.29, 1.82) is 0 Å². The third-order valence-electron chi connectivity index (χ3n) is 4.84. The molecule has 0 saturated carbocycles. The van der Waals surface area contributed by atoms with Gasteiger partial charge < -0.3 is 50.3 Å². The highest BCUT2D eigenvalue weighted by Crippen LogP contribution is 2.40. The zero-order chi connectivity index (χ0) is 22.9. The second-order valence-electron chi connectivity index (χ2n) is 7.09. The third kappa shape index (κ3) is 4.65. The van der Waals surface area contributed by atoms with E-state index in [0.29, 0.717) is 5.56 Å². The van der Waals surface area contributed by atoms with Crippen LogP contribution in [0, 0.1) is 0 Å². The highest BCUT2D eigenvalue weighted by atomic mass is 16.7. The first-order valence-electron chi connectivity index (χ1n) is 9.20. The number of hydrogen-bond acceptors (Lipinski definition) is 11. The maximum absolute atomic E-state index is 12.6. The van der Waals surface area contributed by atoms with Crippen molar-refractivity contribution in [2.45, 2.75) is 37.1 Å². The lowest BCUT2D eigenvalue weighted by molar-refractivity contribution is -0.242. The van der Waals surface area contributed by atoms with Crippen LogP contribution in [-0.4, -0.2) is 83.9 Å². The predicted octanol–water partition coefficient (Wildman–Crippen LogP) is -0.887. The summed E-state index contributed by atoms with van der Waals surface area (Å²) in [6.45, 7) is -0.388. The second kappa shape index (κ2) is 8.96. The van der Waals surface area contributed by atoms with E-state index in [1.807, 2.05) is 0 Å². The summed E-state index contributed by atoms with van der Waals surface area (Å²) in [5, 5.41) is 78.7. The lowest BCUT2D eigenvalue weighted by Crippen LogP contribution is -2.54. The largest absolute Gasteiger partial charge is 0.504 e. The molecular formula is C20H22O11. The lowest BCUT2D eigenvalue weighted by atomic mass is 9.98. The van der Waals surface area contributed by atoms with Crippen molar-refractivity contribution in [2.75, 3.05) is 6.61 Å². The van der Waals surface area contributed by atoms with Crippen molar-refractivity contribution < 1.29 is 55.1 Å². The molecule has 2 aromatic carbocycles. The van der Waals surface area contributed by atoms with Crippen LogP contribution in [0.2, 0.25) is 0 Å². The van der Waals surface area contributed by atoms with Crippen LogP contribution in [0.15, 0.2) is 30.3 Å². The maximum atomic E-state index is 12.6. The summed E-state index contributed by atoms with van der Waals surface area (Å²) < 4.78 is 10.3. The van der Waals surface area contributed by atoms with Crippen molar-refractivity contribution in [3.8, 4) is 28.7 Å². The van der Waals surface area contributed by atoms with Gasteiger partial charge in [-0.1, -0.05) is 6.07 Å². The van der Waals surface area contributed by atoms with Gasteiger partial charge in [-0.25, -0.2) is 0 Å². The summed E-state index contributed by atoms with van der Waals surface area (Å²) >= 11 is 0. The number of phenols is 4. The first-order chi connectivity index (χ1) is 14.6. The molecule has 1 aliphatic rings. The molecule has 0 radical (unpaired) electrons. The van der Waals surface area contributed by atoms with E-state index < -0.39 is 65.1 Å². The predicted molar refractivity (Wildman–Crippen MR) is 102 cm³/mol. The zero-order valence-corrected chi connectivity index (χ0v) is 16.0. The van der Waals surface area contributed by atoms with Crippen molar-refractivity contribution in [1.82, 2.24) is 0 Å². The lowest BCUT2D eigenvalue weighted by Gasteiger charge is -2.35. The van der Waals surface area contributed by atoms with Crippen LogP contribution in [0.3, 0.4) is 0 Å². The molecule has 0 unspecified atom stereocenters. The van der Waals surface area contributed by atoms with Crippen LogP contribution < -0.4 is 4.74 Å². The van der Waals surface area contributed by atoms with Crippen LogP contribution in [0.4, 0.5) is 0 Å². The van der Waals surface area contributed by atoms with Gasteiger partial charge in [0.1, 0.15) is 24.4 Å². The number of carbonyl (C=O) groups excluding carboxylic acids is 1. The molecule has 0 aromatic heterocycles. The highest BCUT2D eigenvalue weighted by molar-refractivity contribution is 6.02. The standard InChI is InChI=1S/C20H22O11/c21-10-3-1-8(5-12(10)23)6-13(24)15(26)9-2-4-11(22)19(16(9)27)31-20-18(29)17(28)14(25)7-30-20/h1-5,13-14,17-18,20-25,27-29H,6-7H2/t13-,14-,17+,18-,20+/m1/s1. The summed E-state index contributed by atoms with van der Waals surface area (Å²) in [7, 11) is 0. The van der Waals surface area contributed by atoms with Crippen molar-refractivity contribution >= 4 is 5.78 Å². The van der Waals surface area contributed by atoms with Gasteiger partial charge >= 0.3 is 0 Å². The van der Waals surface area contributed by atoms with Crippen molar-refractivity contribution in [3.05, 3.63) is 41.5 Å². The van der Waals surface area contributed by atoms with E-state index in [-0.39, 0.29) is 18.8 Å². The van der Waals surface area contributed by atoms with Crippen molar-refractivity contribution in [2.24, 2.45) is 0 Å². The Morgan fingerprint density at radius 2 is 1.68 bits per heavy atom. The number of Topliss-reactive ketones (excluding diaryl/α,β-unsaturated/α-hetero) is 1.